The number of fused-ring (bicyclic) bond motifs is 9. The van der Waals surface area contributed by atoms with E-state index in [1.54, 1.807) is 17.0 Å². The highest BCUT2D eigenvalue weighted by Crippen LogP contribution is 2.38. The number of nitrogens with zero attached hydrogens (tertiary/aromatic N) is 2. The molecule has 3 heterocycles. The van der Waals surface area contributed by atoms with Gasteiger partial charge in [0.25, 0.3) is 5.91 Å². The molecular weight excluding hydrogens is 546 g/mol. The van der Waals surface area contributed by atoms with Crippen LogP contribution in [0.2, 0.25) is 0 Å². The lowest BCUT2D eigenvalue weighted by molar-refractivity contribution is -0.134. The Morgan fingerprint density at radius 1 is 0.884 bits per heavy atom. The van der Waals surface area contributed by atoms with Crippen LogP contribution in [0, 0.1) is 0 Å². The zero-order chi connectivity index (χ0) is 29.9. The summed E-state index contributed by atoms with van der Waals surface area (Å²) < 4.78 is 12.3. The van der Waals surface area contributed by atoms with Crippen LogP contribution >= 0.6 is 0 Å². The number of hydrogen-bond acceptors (Lipinski definition) is 6. The largest absolute Gasteiger partial charge is 0.494 e. The predicted molar refractivity (Wildman–Crippen MR) is 159 cm³/mol. The summed E-state index contributed by atoms with van der Waals surface area (Å²) in [6.07, 6.45) is 2.28. The van der Waals surface area contributed by atoms with Crippen molar-refractivity contribution in [3.05, 3.63) is 94.0 Å². The topological polar surface area (TPSA) is 105 Å². The van der Waals surface area contributed by atoms with Gasteiger partial charge in [0.2, 0.25) is 11.8 Å². The first-order chi connectivity index (χ1) is 20.9. The van der Waals surface area contributed by atoms with Gasteiger partial charge in [0, 0.05) is 37.6 Å². The molecular formula is C34H35N3O6. The number of carbonyl (C=O) groups is 4. The Bertz CT molecular complexity index is 1580. The lowest BCUT2D eigenvalue weighted by Gasteiger charge is -2.38. The molecule has 7 rings (SSSR count). The first-order valence-corrected chi connectivity index (χ1v) is 14.9. The molecule has 0 saturated carbocycles. The van der Waals surface area contributed by atoms with Gasteiger partial charge in [-0.05, 0) is 71.8 Å². The fourth-order valence-corrected chi connectivity index (χ4v) is 6.29. The van der Waals surface area contributed by atoms with E-state index in [-0.39, 0.29) is 36.1 Å². The highest BCUT2D eigenvalue weighted by Gasteiger charge is 2.33. The van der Waals surface area contributed by atoms with Gasteiger partial charge >= 0.3 is 0 Å². The molecule has 222 valence electrons. The maximum Gasteiger partial charge on any atom is 0.254 e. The third kappa shape index (κ3) is 5.98. The lowest BCUT2D eigenvalue weighted by atomic mass is 9.87. The highest BCUT2D eigenvalue weighted by molar-refractivity contribution is 6.05. The number of hydrogen-bond donors (Lipinski definition) is 1. The van der Waals surface area contributed by atoms with Crippen LogP contribution in [0.5, 0.6) is 11.5 Å². The molecule has 9 nitrogen and oxygen atoms in total. The molecule has 1 N–H and O–H groups in total. The van der Waals surface area contributed by atoms with Crippen molar-refractivity contribution in [1.29, 1.82) is 0 Å². The molecule has 0 aromatic heterocycles. The monoisotopic (exact) mass is 581 g/mol. The summed E-state index contributed by atoms with van der Waals surface area (Å²) in [5, 5.41) is 2.63. The molecule has 0 radical (unpaired) electrons. The molecule has 0 spiro atoms. The lowest BCUT2D eigenvalue weighted by Crippen LogP contribution is -2.45. The van der Waals surface area contributed by atoms with Crippen molar-refractivity contribution in [3.8, 4) is 11.5 Å². The number of carbonyl (C=O) groups excluding carboxylic acids is 4. The third-order valence-corrected chi connectivity index (χ3v) is 8.39. The zero-order valence-corrected chi connectivity index (χ0v) is 24.3. The van der Waals surface area contributed by atoms with Gasteiger partial charge in [0.05, 0.1) is 25.7 Å². The molecule has 43 heavy (non-hydrogen) atoms. The normalized spacial score (nSPS) is 18.0. The second kappa shape index (κ2) is 12.3. The van der Waals surface area contributed by atoms with Crippen LogP contribution in [-0.2, 0) is 22.4 Å². The summed E-state index contributed by atoms with van der Waals surface area (Å²) in [6, 6.07) is 18.8. The van der Waals surface area contributed by atoms with Crippen LogP contribution in [-0.4, -0.2) is 72.7 Å². The van der Waals surface area contributed by atoms with Crippen molar-refractivity contribution in [2.45, 2.75) is 38.6 Å². The SMILES string of the molecule is CC(=O)NCC(=O)N1CCc2cc3ccc2C1c1cccc(c1)OCCCN(C(=O)c1cccc2c1CCC2=O)CCO3. The Labute approximate surface area is 250 Å². The van der Waals surface area contributed by atoms with Crippen molar-refractivity contribution in [2.75, 3.05) is 39.4 Å². The van der Waals surface area contributed by atoms with E-state index >= 15 is 0 Å². The fraction of sp³-hybridized carbons (Fsp3) is 0.353. The molecule has 3 aliphatic heterocycles. The van der Waals surface area contributed by atoms with Gasteiger partial charge in [-0.1, -0.05) is 30.3 Å². The van der Waals surface area contributed by atoms with Crippen molar-refractivity contribution in [1.82, 2.24) is 15.1 Å². The van der Waals surface area contributed by atoms with Gasteiger partial charge in [-0.3, -0.25) is 19.2 Å². The Balaban J connectivity index is 1.28. The smallest absolute Gasteiger partial charge is 0.254 e. The minimum atomic E-state index is -0.330. The number of rotatable bonds is 3. The molecule has 3 amide bonds. The molecule has 1 aliphatic carbocycles. The summed E-state index contributed by atoms with van der Waals surface area (Å²) in [5.74, 6) is 0.984. The fourth-order valence-electron chi connectivity index (χ4n) is 6.29. The maximum atomic E-state index is 13.7. The van der Waals surface area contributed by atoms with E-state index in [4.69, 9.17) is 9.47 Å². The van der Waals surface area contributed by atoms with Crippen molar-refractivity contribution < 1.29 is 28.7 Å². The van der Waals surface area contributed by atoms with Gasteiger partial charge in [0.15, 0.2) is 5.78 Å². The van der Waals surface area contributed by atoms with Gasteiger partial charge in [-0.25, -0.2) is 0 Å². The van der Waals surface area contributed by atoms with Gasteiger partial charge < -0.3 is 24.6 Å². The Kier molecular flexibility index (Phi) is 8.13. The van der Waals surface area contributed by atoms with E-state index in [0.29, 0.717) is 81.2 Å². The van der Waals surface area contributed by atoms with E-state index in [2.05, 4.69) is 5.32 Å². The minimum Gasteiger partial charge on any atom is -0.494 e. The molecule has 4 aliphatic rings. The average Bonchev–Trinajstić information content (AvgIpc) is 3.40. The van der Waals surface area contributed by atoms with Crippen molar-refractivity contribution >= 4 is 23.5 Å². The second-order valence-corrected chi connectivity index (χ2v) is 11.2. The van der Waals surface area contributed by atoms with E-state index in [9.17, 15) is 19.2 Å². The summed E-state index contributed by atoms with van der Waals surface area (Å²) in [7, 11) is 0. The van der Waals surface area contributed by atoms with Crippen LogP contribution in [0.25, 0.3) is 0 Å². The van der Waals surface area contributed by atoms with E-state index < -0.39 is 0 Å². The summed E-state index contributed by atoms with van der Waals surface area (Å²) in [4.78, 5) is 54.4. The molecule has 9 heteroatoms. The van der Waals surface area contributed by atoms with Crippen molar-refractivity contribution in [2.24, 2.45) is 0 Å². The van der Waals surface area contributed by atoms with Gasteiger partial charge in [-0.15, -0.1) is 0 Å². The highest BCUT2D eigenvalue weighted by atomic mass is 16.5. The predicted octanol–water partition coefficient (Wildman–Crippen LogP) is 3.73. The van der Waals surface area contributed by atoms with Crippen molar-refractivity contribution in [3.63, 3.8) is 0 Å². The maximum absolute atomic E-state index is 13.7. The second-order valence-electron chi connectivity index (χ2n) is 11.2. The summed E-state index contributed by atoms with van der Waals surface area (Å²) in [6.45, 7) is 3.40. The molecule has 0 saturated heterocycles. The molecule has 3 aromatic carbocycles. The van der Waals surface area contributed by atoms with E-state index in [1.165, 1.54) is 6.92 Å². The number of ketones is 1. The number of benzene rings is 3. The zero-order valence-electron chi connectivity index (χ0n) is 24.3. The first kappa shape index (κ1) is 28.5. The standard InChI is InChI=1S/C34H35N3O6/c1-22(38)35-21-32(40)37-15-13-23-19-26-9-10-27(23)33(37)24-5-2-6-25(20-24)42-17-4-14-36(16-18-43-26)34(41)30-8-3-7-29-28(30)11-12-31(29)39/h2-3,5-10,19-20,33H,4,11-18,21H2,1H3,(H,35,38). The molecule has 1 atom stereocenters. The average molecular weight is 582 g/mol. The van der Waals surface area contributed by atoms with Crippen LogP contribution in [0.1, 0.15) is 68.8 Å². The third-order valence-electron chi connectivity index (χ3n) is 8.39. The number of ether oxygens (including phenoxy) is 2. The molecule has 1 unspecified atom stereocenters. The van der Waals surface area contributed by atoms with Gasteiger partial charge in [0.1, 0.15) is 18.1 Å². The van der Waals surface area contributed by atoms with Crippen LogP contribution in [0.15, 0.2) is 60.7 Å². The van der Waals surface area contributed by atoms with Crippen LogP contribution in [0.3, 0.4) is 0 Å². The Hall–Kier alpha value is -4.66. The molecule has 3 aromatic rings. The number of nitrogens with one attached hydrogen (secondary N) is 1. The number of amides is 3. The molecule has 6 bridgehead atoms. The Morgan fingerprint density at radius 2 is 1.70 bits per heavy atom. The quantitative estimate of drug-likeness (QED) is 0.506. The Morgan fingerprint density at radius 3 is 2.56 bits per heavy atom. The molecule has 0 fully saturated rings. The van der Waals surface area contributed by atoms with Gasteiger partial charge in [-0.2, -0.15) is 0 Å². The minimum absolute atomic E-state index is 0.0597. The van der Waals surface area contributed by atoms with E-state index in [0.717, 1.165) is 22.3 Å². The summed E-state index contributed by atoms with van der Waals surface area (Å²) >= 11 is 0. The van der Waals surface area contributed by atoms with E-state index in [1.807, 2.05) is 53.4 Å². The van der Waals surface area contributed by atoms with Crippen LogP contribution in [0.4, 0.5) is 0 Å². The summed E-state index contributed by atoms with van der Waals surface area (Å²) in [5.41, 5.74) is 5.09. The van der Waals surface area contributed by atoms with Crippen LogP contribution < -0.4 is 14.8 Å². The number of Topliss-reactive ketones (excluding diaryl/α,β-unsaturated/α-hetero) is 1. The first-order valence-electron chi connectivity index (χ1n) is 14.9.